The second-order valence-corrected chi connectivity index (χ2v) is 5.73. The van der Waals surface area contributed by atoms with E-state index in [2.05, 4.69) is 39.3 Å². The van der Waals surface area contributed by atoms with Crippen LogP contribution in [-0.2, 0) is 19.4 Å². The molecule has 5 nitrogen and oxygen atoms in total. The van der Waals surface area contributed by atoms with Gasteiger partial charge in [-0.2, -0.15) is 4.98 Å². The summed E-state index contributed by atoms with van der Waals surface area (Å²) < 4.78 is 7.48. The zero-order valence-corrected chi connectivity index (χ0v) is 12.9. The fourth-order valence-corrected chi connectivity index (χ4v) is 3.12. The quantitative estimate of drug-likeness (QED) is 0.860. The Hall–Kier alpha value is -1.62. The molecule has 0 aliphatic heterocycles. The van der Waals surface area contributed by atoms with Crippen LogP contribution in [0.2, 0.25) is 0 Å². The molecule has 0 spiro atoms. The number of hydrogen-bond donors (Lipinski definition) is 1. The highest BCUT2D eigenvalue weighted by Gasteiger charge is 2.20. The van der Waals surface area contributed by atoms with Gasteiger partial charge in [-0.15, -0.1) is 0 Å². The van der Waals surface area contributed by atoms with Crippen molar-refractivity contribution in [1.82, 2.24) is 20.0 Å². The summed E-state index contributed by atoms with van der Waals surface area (Å²) in [4.78, 5) is 4.39. The fourth-order valence-electron chi connectivity index (χ4n) is 3.12. The Balaban J connectivity index is 1.80. The minimum absolute atomic E-state index is 0.489. The average molecular weight is 288 g/mol. The van der Waals surface area contributed by atoms with Crippen molar-refractivity contribution in [3.05, 3.63) is 35.2 Å². The lowest BCUT2D eigenvalue weighted by atomic mass is 10.0. The molecule has 0 bridgehead atoms. The molecular formula is C16H24N4O. The second-order valence-electron chi connectivity index (χ2n) is 5.73. The zero-order valence-electron chi connectivity index (χ0n) is 12.9. The van der Waals surface area contributed by atoms with Gasteiger partial charge in [-0.1, -0.05) is 25.4 Å². The fraction of sp³-hybridized carbons (Fsp3) is 0.625. The van der Waals surface area contributed by atoms with E-state index in [0.29, 0.717) is 18.5 Å². The highest BCUT2D eigenvalue weighted by molar-refractivity contribution is 5.29. The number of fused-ring (bicyclic) bond motifs is 1. The minimum Gasteiger partial charge on any atom is -0.344 e. The number of aromatic nitrogens is 3. The van der Waals surface area contributed by atoms with E-state index in [-0.39, 0.29) is 0 Å². The summed E-state index contributed by atoms with van der Waals surface area (Å²) in [6.45, 7) is 5.89. The summed E-state index contributed by atoms with van der Waals surface area (Å²) >= 11 is 0. The predicted molar refractivity (Wildman–Crippen MR) is 81.2 cm³/mol. The van der Waals surface area contributed by atoms with Crippen LogP contribution >= 0.6 is 0 Å². The molecule has 0 fully saturated rings. The van der Waals surface area contributed by atoms with Crippen LogP contribution in [0, 0.1) is 0 Å². The molecule has 1 aliphatic rings. The van der Waals surface area contributed by atoms with Gasteiger partial charge in [0.1, 0.15) is 6.54 Å². The molecule has 0 saturated heterocycles. The highest BCUT2D eigenvalue weighted by Crippen LogP contribution is 2.29. The van der Waals surface area contributed by atoms with Gasteiger partial charge in [0.15, 0.2) is 5.82 Å². The zero-order chi connectivity index (χ0) is 14.7. The Morgan fingerprint density at radius 3 is 3.00 bits per heavy atom. The van der Waals surface area contributed by atoms with E-state index >= 15 is 0 Å². The maximum atomic E-state index is 5.29. The van der Waals surface area contributed by atoms with Crippen molar-refractivity contribution in [2.24, 2.45) is 0 Å². The Morgan fingerprint density at radius 1 is 1.33 bits per heavy atom. The molecule has 1 N–H and O–H groups in total. The van der Waals surface area contributed by atoms with Gasteiger partial charge < -0.3 is 14.4 Å². The van der Waals surface area contributed by atoms with Crippen molar-refractivity contribution >= 4 is 0 Å². The number of nitrogens with zero attached hydrogens (tertiary/aromatic N) is 3. The van der Waals surface area contributed by atoms with Crippen LogP contribution in [0.5, 0.6) is 0 Å². The molecule has 5 heteroatoms. The van der Waals surface area contributed by atoms with Crippen molar-refractivity contribution in [1.29, 1.82) is 0 Å². The summed E-state index contributed by atoms with van der Waals surface area (Å²) in [6, 6.07) is 0.489. The molecule has 21 heavy (non-hydrogen) atoms. The monoisotopic (exact) mass is 288 g/mol. The lowest BCUT2D eigenvalue weighted by Gasteiger charge is -2.15. The SMILES string of the molecule is CCNC1CCCCc2cn(Cc3nc(CC)no3)cc21. The predicted octanol–water partition coefficient (Wildman–Crippen LogP) is 2.86. The van der Waals surface area contributed by atoms with Crippen LogP contribution in [0.15, 0.2) is 16.9 Å². The van der Waals surface area contributed by atoms with Crippen LogP contribution in [-0.4, -0.2) is 21.3 Å². The summed E-state index contributed by atoms with van der Waals surface area (Å²) in [7, 11) is 0. The Bertz CT molecular complexity index is 587. The van der Waals surface area contributed by atoms with Crippen molar-refractivity contribution in [2.75, 3.05) is 6.54 Å². The molecule has 2 aromatic heterocycles. The van der Waals surface area contributed by atoms with Gasteiger partial charge in [0.2, 0.25) is 5.89 Å². The summed E-state index contributed by atoms with van der Waals surface area (Å²) in [6.07, 6.45) is 10.3. The van der Waals surface area contributed by atoms with Crippen molar-refractivity contribution in [2.45, 2.75) is 58.5 Å². The molecule has 1 aliphatic carbocycles. The van der Waals surface area contributed by atoms with E-state index in [1.807, 2.05) is 6.92 Å². The highest BCUT2D eigenvalue weighted by atomic mass is 16.5. The number of aryl methyl sites for hydroxylation is 2. The van der Waals surface area contributed by atoms with Gasteiger partial charge in [0.25, 0.3) is 0 Å². The van der Waals surface area contributed by atoms with Crippen LogP contribution in [0.3, 0.4) is 0 Å². The molecule has 0 saturated carbocycles. The maximum absolute atomic E-state index is 5.29. The van der Waals surface area contributed by atoms with Gasteiger partial charge in [0.05, 0.1) is 0 Å². The lowest BCUT2D eigenvalue weighted by Crippen LogP contribution is -2.20. The summed E-state index contributed by atoms with van der Waals surface area (Å²) in [5.74, 6) is 1.47. The van der Waals surface area contributed by atoms with Crippen molar-refractivity contribution in [3.63, 3.8) is 0 Å². The van der Waals surface area contributed by atoms with Crippen LogP contribution < -0.4 is 5.32 Å². The number of rotatable bonds is 5. The first-order chi connectivity index (χ1) is 10.3. The third kappa shape index (κ3) is 3.18. The van der Waals surface area contributed by atoms with Gasteiger partial charge in [0, 0.05) is 24.9 Å². The van der Waals surface area contributed by atoms with Crippen molar-refractivity contribution in [3.8, 4) is 0 Å². The summed E-state index contributed by atoms with van der Waals surface area (Å²) in [5.41, 5.74) is 2.92. The third-order valence-electron chi connectivity index (χ3n) is 4.16. The first kappa shape index (κ1) is 14.3. The van der Waals surface area contributed by atoms with Crippen LogP contribution in [0.1, 0.15) is 62.0 Å². The number of nitrogens with one attached hydrogen (secondary N) is 1. The topological polar surface area (TPSA) is 55.9 Å². The Labute approximate surface area is 125 Å². The molecule has 0 amide bonds. The second kappa shape index (κ2) is 6.43. The van der Waals surface area contributed by atoms with E-state index in [9.17, 15) is 0 Å². The smallest absolute Gasteiger partial charge is 0.246 e. The average Bonchev–Trinajstić information content (AvgIpc) is 3.05. The van der Waals surface area contributed by atoms with Gasteiger partial charge in [-0.05, 0) is 36.9 Å². The molecule has 3 rings (SSSR count). The molecule has 2 aromatic rings. The molecule has 1 atom stereocenters. The molecule has 0 radical (unpaired) electrons. The van der Waals surface area contributed by atoms with Crippen LogP contribution in [0.4, 0.5) is 0 Å². The molecule has 2 heterocycles. The van der Waals surface area contributed by atoms with Gasteiger partial charge in [-0.25, -0.2) is 0 Å². The largest absolute Gasteiger partial charge is 0.344 e. The minimum atomic E-state index is 0.489. The van der Waals surface area contributed by atoms with E-state index in [4.69, 9.17) is 4.52 Å². The lowest BCUT2D eigenvalue weighted by molar-refractivity contribution is 0.366. The normalized spacial score (nSPS) is 18.5. The number of hydrogen-bond acceptors (Lipinski definition) is 4. The maximum Gasteiger partial charge on any atom is 0.246 e. The van der Waals surface area contributed by atoms with Crippen LogP contribution in [0.25, 0.3) is 0 Å². The molecule has 1 unspecified atom stereocenters. The standard InChI is InChI=1S/C16H24N4O/c1-3-15-18-16(21-19-15)11-20-9-12-7-5-6-8-14(17-4-2)13(12)10-20/h9-10,14,17H,3-8,11H2,1-2H3. The van der Waals surface area contributed by atoms with E-state index in [1.54, 1.807) is 0 Å². The first-order valence-electron chi connectivity index (χ1n) is 8.03. The van der Waals surface area contributed by atoms with E-state index in [0.717, 1.165) is 18.8 Å². The molecule has 0 aromatic carbocycles. The van der Waals surface area contributed by atoms with Gasteiger partial charge in [-0.3, -0.25) is 0 Å². The van der Waals surface area contributed by atoms with E-state index < -0.39 is 0 Å². The Kier molecular flexibility index (Phi) is 4.39. The summed E-state index contributed by atoms with van der Waals surface area (Å²) in [5, 5.41) is 7.57. The van der Waals surface area contributed by atoms with Crippen molar-refractivity contribution < 1.29 is 4.52 Å². The Morgan fingerprint density at radius 2 is 2.24 bits per heavy atom. The molecule has 114 valence electrons. The third-order valence-corrected chi connectivity index (χ3v) is 4.16. The van der Waals surface area contributed by atoms with Gasteiger partial charge >= 0.3 is 0 Å². The van der Waals surface area contributed by atoms with E-state index in [1.165, 1.54) is 36.8 Å². The first-order valence-corrected chi connectivity index (χ1v) is 8.03. The molecular weight excluding hydrogens is 264 g/mol.